The molecular formula is C13H14N2O3. The quantitative estimate of drug-likeness (QED) is 0.750. The Labute approximate surface area is 104 Å². The Morgan fingerprint density at radius 3 is 2.67 bits per heavy atom. The Morgan fingerprint density at radius 1 is 1.28 bits per heavy atom. The van der Waals surface area contributed by atoms with Gasteiger partial charge in [-0.2, -0.15) is 0 Å². The van der Waals surface area contributed by atoms with Crippen molar-refractivity contribution in [3.8, 4) is 5.75 Å². The lowest BCUT2D eigenvalue weighted by atomic mass is 10.3. The van der Waals surface area contributed by atoms with Crippen LogP contribution in [0.1, 0.15) is 10.5 Å². The molecule has 1 heterocycles. The van der Waals surface area contributed by atoms with E-state index in [1.807, 2.05) is 0 Å². The fourth-order valence-corrected chi connectivity index (χ4v) is 1.47. The van der Waals surface area contributed by atoms with Crippen molar-refractivity contribution >= 4 is 11.6 Å². The summed E-state index contributed by atoms with van der Waals surface area (Å²) in [5, 5.41) is 11.4. The molecule has 94 valence electrons. The van der Waals surface area contributed by atoms with Crippen LogP contribution in [0, 0.1) is 0 Å². The van der Waals surface area contributed by atoms with Gasteiger partial charge in [0.05, 0.1) is 6.61 Å². The maximum Gasteiger partial charge on any atom is 0.272 e. The second-order valence-electron chi connectivity index (χ2n) is 3.63. The number of anilines is 1. The van der Waals surface area contributed by atoms with Gasteiger partial charge in [-0.05, 0) is 36.4 Å². The molecule has 5 heteroatoms. The maximum atomic E-state index is 11.7. The van der Waals surface area contributed by atoms with Crippen molar-refractivity contribution in [1.82, 2.24) is 4.98 Å². The number of ether oxygens (including phenoxy) is 1. The van der Waals surface area contributed by atoms with Gasteiger partial charge >= 0.3 is 0 Å². The molecule has 0 saturated heterocycles. The number of aliphatic hydroxyl groups is 1. The molecular weight excluding hydrogens is 232 g/mol. The minimum absolute atomic E-state index is 0.0225. The summed E-state index contributed by atoms with van der Waals surface area (Å²) in [5.41, 5.74) is 1.20. The molecule has 1 aromatic heterocycles. The number of nitrogens with one attached hydrogen (secondary N) is 2. The van der Waals surface area contributed by atoms with Crippen LogP contribution in [0.5, 0.6) is 5.75 Å². The van der Waals surface area contributed by atoms with E-state index >= 15 is 0 Å². The topological polar surface area (TPSA) is 74.3 Å². The standard InChI is InChI=1S/C13H14N2O3/c16-8-9-18-11-5-3-10(4-6-11)15-13(17)12-2-1-7-14-12/h1-7,14,16H,8-9H2,(H,15,17). The number of hydrogen-bond donors (Lipinski definition) is 3. The molecule has 0 unspecified atom stereocenters. The molecule has 5 nitrogen and oxygen atoms in total. The molecule has 0 aliphatic heterocycles. The predicted molar refractivity (Wildman–Crippen MR) is 67.8 cm³/mol. The summed E-state index contributed by atoms with van der Waals surface area (Å²) in [5.74, 6) is 0.464. The van der Waals surface area contributed by atoms with Gasteiger partial charge in [0, 0.05) is 11.9 Å². The summed E-state index contributed by atoms with van der Waals surface area (Å²) < 4.78 is 5.22. The molecule has 2 rings (SSSR count). The molecule has 0 fully saturated rings. The minimum atomic E-state index is -0.191. The van der Waals surface area contributed by atoms with Crippen molar-refractivity contribution in [3.05, 3.63) is 48.3 Å². The molecule has 1 aromatic carbocycles. The number of carbonyl (C=O) groups is 1. The van der Waals surface area contributed by atoms with E-state index in [4.69, 9.17) is 9.84 Å². The van der Waals surface area contributed by atoms with Gasteiger partial charge in [0.25, 0.3) is 5.91 Å². The summed E-state index contributed by atoms with van der Waals surface area (Å²) >= 11 is 0. The highest BCUT2D eigenvalue weighted by molar-refractivity contribution is 6.02. The molecule has 0 aliphatic carbocycles. The first-order valence-electron chi connectivity index (χ1n) is 5.58. The van der Waals surface area contributed by atoms with Crippen LogP contribution >= 0.6 is 0 Å². The van der Waals surface area contributed by atoms with E-state index in [0.717, 1.165) is 0 Å². The molecule has 0 aliphatic rings. The number of hydrogen-bond acceptors (Lipinski definition) is 3. The van der Waals surface area contributed by atoms with E-state index in [-0.39, 0.29) is 19.1 Å². The van der Waals surface area contributed by atoms with E-state index in [1.54, 1.807) is 42.6 Å². The van der Waals surface area contributed by atoms with Crippen molar-refractivity contribution in [2.24, 2.45) is 0 Å². The highest BCUT2D eigenvalue weighted by Crippen LogP contribution is 2.16. The lowest BCUT2D eigenvalue weighted by Gasteiger charge is -2.06. The third-order valence-electron chi connectivity index (χ3n) is 2.31. The predicted octanol–water partition coefficient (Wildman–Crippen LogP) is 1.64. The highest BCUT2D eigenvalue weighted by Gasteiger charge is 2.05. The number of carbonyl (C=O) groups excluding carboxylic acids is 1. The molecule has 3 N–H and O–H groups in total. The van der Waals surface area contributed by atoms with Crippen LogP contribution in [0.25, 0.3) is 0 Å². The minimum Gasteiger partial charge on any atom is -0.491 e. The molecule has 0 spiro atoms. The van der Waals surface area contributed by atoms with Gasteiger partial charge in [-0.25, -0.2) is 0 Å². The van der Waals surface area contributed by atoms with Crippen LogP contribution in [0.4, 0.5) is 5.69 Å². The molecule has 2 aromatic rings. The average Bonchev–Trinajstić information content (AvgIpc) is 2.92. The Bertz CT molecular complexity index is 491. The Morgan fingerprint density at radius 2 is 2.06 bits per heavy atom. The van der Waals surface area contributed by atoms with E-state index in [2.05, 4.69) is 10.3 Å². The summed E-state index contributed by atoms with van der Waals surface area (Å²) in [6, 6.07) is 10.4. The van der Waals surface area contributed by atoms with Gasteiger partial charge in [-0.1, -0.05) is 0 Å². The van der Waals surface area contributed by atoms with Crippen LogP contribution < -0.4 is 10.1 Å². The summed E-state index contributed by atoms with van der Waals surface area (Å²) in [6.45, 7) is 0.236. The van der Waals surface area contributed by atoms with Gasteiger partial charge < -0.3 is 20.1 Å². The van der Waals surface area contributed by atoms with Gasteiger partial charge in [0.2, 0.25) is 0 Å². The van der Waals surface area contributed by atoms with Gasteiger partial charge in [-0.15, -0.1) is 0 Å². The van der Waals surface area contributed by atoms with Gasteiger partial charge in [0.1, 0.15) is 18.1 Å². The van der Waals surface area contributed by atoms with E-state index < -0.39 is 0 Å². The number of benzene rings is 1. The van der Waals surface area contributed by atoms with Crippen molar-refractivity contribution < 1.29 is 14.6 Å². The van der Waals surface area contributed by atoms with Crippen LogP contribution in [-0.4, -0.2) is 29.2 Å². The average molecular weight is 246 g/mol. The van der Waals surface area contributed by atoms with Gasteiger partial charge in [0.15, 0.2) is 0 Å². The highest BCUT2D eigenvalue weighted by atomic mass is 16.5. The zero-order valence-corrected chi connectivity index (χ0v) is 9.72. The number of aliphatic hydroxyl groups excluding tert-OH is 1. The Balaban J connectivity index is 1.96. The summed E-state index contributed by atoms with van der Waals surface area (Å²) in [7, 11) is 0. The molecule has 18 heavy (non-hydrogen) atoms. The van der Waals surface area contributed by atoms with Crippen LogP contribution in [0.2, 0.25) is 0 Å². The van der Waals surface area contributed by atoms with Gasteiger partial charge in [-0.3, -0.25) is 4.79 Å². The Kier molecular flexibility index (Phi) is 3.98. The van der Waals surface area contributed by atoms with Crippen molar-refractivity contribution in [2.45, 2.75) is 0 Å². The van der Waals surface area contributed by atoms with Crippen molar-refractivity contribution in [1.29, 1.82) is 0 Å². The normalized spacial score (nSPS) is 10.1. The van der Waals surface area contributed by atoms with E-state index in [1.165, 1.54) is 0 Å². The maximum absolute atomic E-state index is 11.7. The molecule has 0 atom stereocenters. The third-order valence-corrected chi connectivity index (χ3v) is 2.31. The first-order valence-corrected chi connectivity index (χ1v) is 5.58. The fourth-order valence-electron chi connectivity index (χ4n) is 1.47. The summed E-state index contributed by atoms with van der Waals surface area (Å²) in [6.07, 6.45) is 1.70. The monoisotopic (exact) mass is 246 g/mol. The number of amides is 1. The second kappa shape index (κ2) is 5.88. The van der Waals surface area contributed by atoms with Crippen molar-refractivity contribution in [3.63, 3.8) is 0 Å². The first-order chi connectivity index (χ1) is 8.79. The molecule has 0 saturated carbocycles. The largest absolute Gasteiger partial charge is 0.491 e. The lowest BCUT2D eigenvalue weighted by Crippen LogP contribution is -2.12. The number of aromatic amines is 1. The lowest BCUT2D eigenvalue weighted by molar-refractivity contribution is 0.102. The fraction of sp³-hybridized carbons (Fsp3) is 0.154. The van der Waals surface area contributed by atoms with Crippen LogP contribution in [0.15, 0.2) is 42.6 Å². The molecule has 0 bridgehead atoms. The zero-order chi connectivity index (χ0) is 12.8. The summed E-state index contributed by atoms with van der Waals surface area (Å²) in [4.78, 5) is 14.6. The first kappa shape index (κ1) is 12.2. The third kappa shape index (κ3) is 3.11. The van der Waals surface area contributed by atoms with Crippen molar-refractivity contribution in [2.75, 3.05) is 18.5 Å². The van der Waals surface area contributed by atoms with Crippen LogP contribution in [0.3, 0.4) is 0 Å². The number of aromatic nitrogens is 1. The number of rotatable bonds is 5. The van der Waals surface area contributed by atoms with Crippen LogP contribution in [-0.2, 0) is 0 Å². The SMILES string of the molecule is O=C(Nc1ccc(OCCO)cc1)c1ccc[nH]1. The molecule has 0 radical (unpaired) electrons. The Hall–Kier alpha value is -2.27. The second-order valence-corrected chi connectivity index (χ2v) is 3.63. The zero-order valence-electron chi connectivity index (χ0n) is 9.72. The molecule has 1 amide bonds. The van der Waals surface area contributed by atoms with E-state index in [9.17, 15) is 4.79 Å². The smallest absolute Gasteiger partial charge is 0.272 e. The van der Waals surface area contributed by atoms with E-state index in [0.29, 0.717) is 17.1 Å². The number of H-pyrrole nitrogens is 1.